The van der Waals surface area contributed by atoms with Crippen molar-refractivity contribution >= 4 is 0 Å². The standard InChI is InChI=1S/C20H29NO5/c1-18(2)23-12-20(26-18)10-14(21)15(16-17(20)25-19(3,4)24-16)22-11-13-8-6-5-7-9-13/h5-9,14-17H,10-12,21H2,1-4H3/t14-,15-,16+,17-,20-/m0/s1. The van der Waals surface area contributed by atoms with Crippen LogP contribution in [0.1, 0.15) is 39.7 Å². The molecule has 1 spiro atoms. The lowest BCUT2D eigenvalue weighted by atomic mass is 9.76. The van der Waals surface area contributed by atoms with Gasteiger partial charge in [-0.2, -0.15) is 0 Å². The number of ether oxygens (including phenoxy) is 5. The molecule has 2 saturated heterocycles. The SMILES string of the molecule is CC1(C)O[C@@H]2[C@@H](OCc3ccccc3)[C@@H](N)C[C@]3(COC(C)(C)O3)[C@H]2O1. The third-order valence-corrected chi connectivity index (χ3v) is 5.37. The predicted molar refractivity (Wildman–Crippen MR) is 95.3 cm³/mol. The van der Waals surface area contributed by atoms with Crippen molar-refractivity contribution in [1.82, 2.24) is 0 Å². The lowest BCUT2D eigenvalue weighted by Gasteiger charge is -2.46. The highest BCUT2D eigenvalue weighted by Crippen LogP contribution is 2.49. The Morgan fingerprint density at radius 3 is 2.46 bits per heavy atom. The van der Waals surface area contributed by atoms with Crippen molar-refractivity contribution < 1.29 is 23.7 Å². The van der Waals surface area contributed by atoms with E-state index in [1.807, 2.05) is 58.0 Å². The molecule has 6 nitrogen and oxygen atoms in total. The lowest BCUT2D eigenvalue weighted by molar-refractivity contribution is -0.217. The lowest BCUT2D eigenvalue weighted by Crippen LogP contribution is -2.65. The maximum absolute atomic E-state index is 6.53. The van der Waals surface area contributed by atoms with E-state index in [2.05, 4.69) is 0 Å². The average molecular weight is 363 g/mol. The fourth-order valence-electron chi connectivity index (χ4n) is 4.38. The largest absolute Gasteiger partial charge is 0.369 e. The summed E-state index contributed by atoms with van der Waals surface area (Å²) < 4.78 is 30.9. The van der Waals surface area contributed by atoms with Crippen LogP contribution in [0.5, 0.6) is 0 Å². The number of benzene rings is 1. The van der Waals surface area contributed by atoms with Gasteiger partial charge in [-0.3, -0.25) is 0 Å². The van der Waals surface area contributed by atoms with Gasteiger partial charge in [-0.05, 0) is 39.7 Å². The highest BCUT2D eigenvalue weighted by molar-refractivity contribution is 5.15. The van der Waals surface area contributed by atoms with E-state index in [1.54, 1.807) is 0 Å². The normalized spacial score (nSPS) is 40.7. The highest BCUT2D eigenvalue weighted by atomic mass is 16.8. The first-order valence-electron chi connectivity index (χ1n) is 9.31. The number of rotatable bonds is 3. The average Bonchev–Trinajstić information content (AvgIpc) is 3.05. The molecule has 1 aromatic rings. The van der Waals surface area contributed by atoms with Gasteiger partial charge in [0.25, 0.3) is 0 Å². The number of hydrogen-bond acceptors (Lipinski definition) is 6. The second-order valence-corrected chi connectivity index (χ2v) is 8.51. The van der Waals surface area contributed by atoms with E-state index in [0.717, 1.165) is 5.56 Å². The van der Waals surface area contributed by atoms with E-state index in [4.69, 9.17) is 29.4 Å². The van der Waals surface area contributed by atoms with Gasteiger partial charge in [0, 0.05) is 6.04 Å². The Labute approximate surface area is 154 Å². The smallest absolute Gasteiger partial charge is 0.164 e. The van der Waals surface area contributed by atoms with Crippen molar-refractivity contribution in [3.05, 3.63) is 35.9 Å². The molecule has 0 bridgehead atoms. The first-order valence-corrected chi connectivity index (χ1v) is 9.31. The van der Waals surface area contributed by atoms with E-state index in [1.165, 1.54) is 0 Å². The quantitative estimate of drug-likeness (QED) is 0.889. The molecule has 5 atom stereocenters. The summed E-state index contributed by atoms with van der Waals surface area (Å²) in [5.74, 6) is -1.37. The Hall–Kier alpha value is -1.02. The van der Waals surface area contributed by atoms with E-state index in [9.17, 15) is 0 Å². The molecule has 3 aliphatic rings. The van der Waals surface area contributed by atoms with Crippen LogP contribution < -0.4 is 5.73 Å². The van der Waals surface area contributed by atoms with E-state index in [0.29, 0.717) is 19.6 Å². The number of fused-ring (bicyclic) bond motifs is 2. The molecule has 144 valence electrons. The van der Waals surface area contributed by atoms with Crippen molar-refractivity contribution in [2.45, 2.75) is 82.3 Å². The van der Waals surface area contributed by atoms with Gasteiger partial charge >= 0.3 is 0 Å². The minimum atomic E-state index is -0.711. The van der Waals surface area contributed by atoms with E-state index >= 15 is 0 Å². The molecular formula is C20H29NO5. The van der Waals surface area contributed by atoms with Gasteiger partial charge in [-0.25, -0.2) is 0 Å². The Morgan fingerprint density at radius 1 is 1.08 bits per heavy atom. The molecule has 0 aromatic heterocycles. The molecule has 2 heterocycles. The zero-order chi connectivity index (χ0) is 18.6. The summed E-state index contributed by atoms with van der Waals surface area (Å²) in [6.45, 7) is 8.60. The van der Waals surface area contributed by atoms with Crippen molar-refractivity contribution in [3.8, 4) is 0 Å². The molecular weight excluding hydrogens is 334 g/mol. The molecule has 2 N–H and O–H groups in total. The molecule has 3 fully saturated rings. The van der Waals surface area contributed by atoms with Gasteiger partial charge in [0.05, 0.1) is 13.2 Å². The van der Waals surface area contributed by atoms with Gasteiger partial charge in [-0.1, -0.05) is 30.3 Å². The molecule has 2 aliphatic heterocycles. The minimum Gasteiger partial charge on any atom is -0.369 e. The van der Waals surface area contributed by atoms with Crippen LogP contribution in [-0.2, 0) is 30.3 Å². The molecule has 0 amide bonds. The predicted octanol–water partition coefficient (Wildman–Crippen LogP) is 2.34. The minimum absolute atomic E-state index is 0.227. The Bertz CT molecular complexity index is 649. The van der Waals surface area contributed by atoms with Gasteiger partial charge in [-0.15, -0.1) is 0 Å². The first kappa shape index (κ1) is 18.3. The second kappa shape index (κ2) is 6.26. The summed E-state index contributed by atoms with van der Waals surface area (Å²) >= 11 is 0. The summed E-state index contributed by atoms with van der Waals surface area (Å²) in [5.41, 5.74) is 7.04. The molecule has 1 saturated carbocycles. The summed E-state index contributed by atoms with van der Waals surface area (Å²) in [6.07, 6.45) is -0.231. The Morgan fingerprint density at radius 2 is 1.81 bits per heavy atom. The maximum atomic E-state index is 6.53. The molecule has 1 aromatic carbocycles. The van der Waals surface area contributed by atoms with Crippen molar-refractivity contribution in [2.24, 2.45) is 5.73 Å². The third-order valence-electron chi connectivity index (χ3n) is 5.37. The van der Waals surface area contributed by atoms with Crippen molar-refractivity contribution in [1.29, 1.82) is 0 Å². The zero-order valence-corrected chi connectivity index (χ0v) is 15.9. The van der Waals surface area contributed by atoms with E-state index in [-0.39, 0.29) is 24.4 Å². The van der Waals surface area contributed by atoms with Crippen molar-refractivity contribution in [3.63, 3.8) is 0 Å². The fraction of sp³-hybridized carbons (Fsp3) is 0.700. The molecule has 26 heavy (non-hydrogen) atoms. The fourth-order valence-corrected chi connectivity index (χ4v) is 4.38. The van der Waals surface area contributed by atoms with Gasteiger partial charge in [0.15, 0.2) is 11.6 Å². The maximum Gasteiger partial charge on any atom is 0.164 e. The molecule has 0 radical (unpaired) electrons. The van der Waals surface area contributed by atoms with Crippen LogP contribution in [0.3, 0.4) is 0 Å². The third kappa shape index (κ3) is 3.30. The van der Waals surface area contributed by atoms with Gasteiger partial charge in [0.2, 0.25) is 0 Å². The van der Waals surface area contributed by atoms with Crippen LogP contribution >= 0.6 is 0 Å². The summed E-state index contributed by atoms with van der Waals surface area (Å²) in [4.78, 5) is 0. The summed E-state index contributed by atoms with van der Waals surface area (Å²) in [7, 11) is 0. The van der Waals surface area contributed by atoms with E-state index < -0.39 is 17.2 Å². The number of nitrogens with two attached hydrogens (primary N) is 1. The topological polar surface area (TPSA) is 72.2 Å². The van der Waals surface area contributed by atoms with Crippen LogP contribution in [0.2, 0.25) is 0 Å². The molecule has 6 heteroatoms. The van der Waals surface area contributed by atoms with Crippen molar-refractivity contribution in [2.75, 3.05) is 6.61 Å². The van der Waals surface area contributed by atoms with Crippen LogP contribution in [-0.4, -0.2) is 48.1 Å². The Kier molecular flexibility index (Phi) is 4.42. The first-order chi connectivity index (χ1) is 12.2. The Balaban J connectivity index is 1.56. The monoisotopic (exact) mass is 363 g/mol. The summed E-state index contributed by atoms with van der Waals surface area (Å²) in [6, 6.07) is 9.85. The summed E-state index contributed by atoms with van der Waals surface area (Å²) in [5, 5.41) is 0. The second-order valence-electron chi connectivity index (χ2n) is 8.51. The number of hydrogen-bond donors (Lipinski definition) is 1. The highest BCUT2D eigenvalue weighted by Gasteiger charge is 2.65. The zero-order valence-electron chi connectivity index (χ0n) is 15.9. The van der Waals surface area contributed by atoms with Crippen LogP contribution in [0.15, 0.2) is 30.3 Å². The van der Waals surface area contributed by atoms with Crippen LogP contribution in [0, 0.1) is 0 Å². The molecule has 0 unspecified atom stereocenters. The van der Waals surface area contributed by atoms with Gasteiger partial charge in [0.1, 0.15) is 23.9 Å². The van der Waals surface area contributed by atoms with Crippen LogP contribution in [0.4, 0.5) is 0 Å². The molecule has 1 aliphatic carbocycles. The van der Waals surface area contributed by atoms with Crippen LogP contribution in [0.25, 0.3) is 0 Å². The molecule has 4 rings (SSSR count). The van der Waals surface area contributed by atoms with Gasteiger partial charge < -0.3 is 29.4 Å².